The van der Waals surface area contributed by atoms with E-state index in [2.05, 4.69) is 0 Å². The van der Waals surface area contributed by atoms with Gasteiger partial charge in [0.2, 0.25) is 5.91 Å². The van der Waals surface area contributed by atoms with E-state index >= 15 is 0 Å². The van der Waals surface area contributed by atoms with Gasteiger partial charge in [-0.25, -0.2) is 0 Å². The number of rotatable bonds is 5. The van der Waals surface area contributed by atoms with Crippen LogP contribution in [0.5, 0.6) is 0 Å². The summed E-state index contributed by atoms with van der Waals surface area (Å²) >= 11 is 0. The number of nitrogens with zero attached hydrogens (tertiary/aromatic N) is 1. The number of carbonyl (C=O) groups excluding carboxylic acids is 1. The lowest BCUT2D eigenvalue weighted by molar-refractivity contribution is -0.163. The first kappa shape index (κ1) is 13.3. The van der Waals surface area contributed by atoms with Crippen molar-refractivity contribution in [1.29, 1.82) is 0 Å². The molecule has 0 heterocycles. The van der Waals surface area contributed by atoms with E-state index in [1.807, 2.05) is 6.92 Å². The van der Waals surface area contributed by atoms with Crippen LogP contribution >= 0.6 is 0 Å². The van der Waals surface area contributed by atoms with Crippen molar-refractivity contribution in [2.45, 2.75) is 50.9 Å². The monoisotopic (exact) mass is 238 g/mol. The number of hydrogen-bond acceptors (Lipinski definition) is 2. The Morgan fingerprint density at radius 1 is 1.50 bits per heavy atom. The lowest BCUT2D eigenvalue weighted by Gasteiger charge is -2.26. The first-order valence-electron chi connectivity index (χ1n) is 5.48. The number of nitrogens with two attached hydrogens (primary N) is 1. The van der Waals surface area contributed by atoms with Crippen LogP contribution in [-0.2, 0) is 4.79 Å². The van der Waals surface area contributed by atoms with E-state index in [0.717, 1.165) is 4.90 Å². The fourth-order valence-corrected chi connectivity index (χ4v) is 1.61. The van der Waals surface area contributed by atoms with Crippen LogP contribution in [0.1, 0.15) is 32.6 Å². The zero-order chi connectivity index (χ0) is 12.3. The third-order valence-corrected chi connectivity index (χ3v) is 2.54. The topological polar surface area (TPSA) is 46.3 Å². The number of amides is 1. The molecule has 0 aromatic carbocycles. The van der Waals surface area contributed by atoms with Crippen LogP contribution in [0.4, 0.5) is 13.2 Å². The molecule has 1 fully saturated rings. The Morgan fingerprint density at radius 3 is 2.44 bits per heavy atom. The molecule has 1 amide bonds. The van der Waals surface area contributed by atoms with Crippen molar-refractivity contribution in [3.05, 3.63) is 0 Å². The highest BCUT2D eigenvalue weighted by Gasteiger charge is 2.41. The Morgan fingerprint density at radius 2 is 2.06 bits per heavy atom. The van der Waals surface area contributed by atoms with E-state index in [0.29, 0.717) is 25.7 Å². The lowest BCUT2D eigenvalue weighted by Crippen LogP contribution is -2.48. The van der Waals surface area contributed by atoms with Gasteiger partial charge in [-0.1, -0.05) is 13.3 Å². The second-order valence-electron chi connectivity index (χ2n) is 4.21. The molecule has 0 radical (unpaired) electrons. The van der Waals surface area contributed by atoms with Gasteiger partial charge in [-0.3, -0.25) is 4.79 Å². The molecule has 0 aromatic heterocycles. The quantitative estimate of drug-likeness (QED) is 0.791. The first-order valence-corrected chi connectivity index (χ1v) is 5.48. The molecule has 16 heavy (non-hydrogen) atoms. The van der Waals surface area contributed by atoms with Gasteiger partial charge in [-0.2, -0.15) is 13.2 Å². The number of hydrogen-bond donors (Lipinski definition) is 1. The molecule has 3 nitrogen and oxygen atoms in total. The van der Waals surface area contributed by atoms with Gasteiger partial charge in [-0.15, -0.1) is 0 Å². The molecule has 1 rings (SSSR count). The Balaban J connectivity index is 2.59. The summed E-state index contributed by atoms with van der Waals surface area (Å²) in [4.78, 5) is 12.6. The summed E-state index contributed by atoms with van der Waals surface area (Å²) < 4.78 is 36.8. The van der Waals surface area contributed by atoms with E-state index in [1.165, 1.54) is 0 Å². The van der Waals surface area contributed by atoms with Gasteiger partial charge < -0.3 is 10.6 Å². The highest BCUT2D eigenvalue weighted by Crippen LogP contribution is 2.30. The zero-order valence-electron chi connectivity index (χ0n) is 9.26. The van der Waals surface area contributed by atoms with E-state index in [9.17, 15) is 18.0 Å². The highest BCUT2D eigenvalue weighted by atomic mass is 19.4. The van der Waals surface area contributed by atoms with Crippen molar-refractivity contribution in [2.75, 3.05) is 6.54 Å². The third kappa shape index (κ3) is 4.00. The van der Waals surface area contributed by atoms with Crippen LogP contribution in [0.3, 0.4) is 0 Å². The largest absolute Gasteiger partial charge is 0.406 e. The summed E-state index contributed by atoms with van der Waals surface area (Å²) in [7, 11) is 0. The van der Waals surface area contributed by atoms with Crippen LogP contribution in [-0.4, -0.2) is 35.6 Å². The molecular weight excluding hydrogens is 221 g/mol. The molecule has 1 aliphatic rings. The minimum Gasteiger partial charge on any atom is -0.329 e. The zero-order valence-corrected chi connectivity index (χ0v) is 9.26. The summed E-state index contributed by atoms with van der Waals surface area (Å²) in [6.45, 7) is 0.673. The molecule has 1 atom stereocenters. The van der Waals surface area contributed by atoms with Gasteiger partial charge in [0.25, 0.3) is 0 Å². The van der Waals surface area contributed by atoms with Gasteiger partial charge in [0.15, 0.2) is 0 Å². The fraction of sp³-hybridized carbons (Fsp3) is 0.900. The van der Waals surface area contributed by atoms with Crippen molar-refractivity contribution in [3.8, 4) is 0 Å². The average Bonchev–Trinajstić information content (AvgIpc) is 2.95. The molecule has 0 unspecified atom stereocenters. The summed E-state index contributed by atoms with van der Waals surface area (Å²) in [6, 6.07) is -1.05. The van der Waals surface area contributed by atoms with E-state index in [4.69, 9.17) is 5.73 Å². The summed E-state index contributed by atoms with van der Waals surface area (Å²) in [5.41, 5.74) is 5.55. The molecule has 1 saturated carbocycles. The molecule has 0 aliphatic heterocycles. The molecule has 94 valence electrons. The smallest absolute Gasteiger partial charge is 0.329 e. The van der Waals surface area contributed by atoms with Crippen LogP contribution < -0.4 is 5.73 Å². The first-order chi connectivity index (χ1) is 7.35. The maximum atomic E-state index is 12.3. The molecule has 2 N–H and O–H groups in total. The molecule has 0 saturated heterocycles. The fourth-order valence-electron chi connectivity index (χ4n) is 1.61. The van der Waals surface area contributed by atoms with Crippen LogP contribution in [0, 0.1) is 0 Å². The number of halogens is 3. The minimum absolute atomic E-state index is 0.253. The maximum absolute atomic E-state index is 12.3. The molecule has 1 aliphatic carbocycles. The van der Waals surface area contributed by atoms with Crippen molar-refractivity contribution in [3.63, 3.8) is 0 Å². The lowest BCUT2D eigenvalue weighted by atomic mass is 10.1. The predicted octanol–water partition coefficient (Wildman–Crippen LogP) is 1.67. The van der Waals surface area contributed by atoms with Crippen LogP contribution in [0.2, 0.25) is 0 Å². The summed E-state index contributed by atoms with van der Waals surface area (Å²) in [5, 5.41) is 0. The normalized spacial score (nSPS) is 18.3. The molecule has 6 heteroatoms. The Labute approximate surface area is 92.8 Å². The summed E-state index contributed by atoms with van der Waals surface area (Å²) in [5.74, 6) is -0.568. The Kier molecular flexibility index (Phi) is 4.18. The van der Waals surface area contributed by atoms with Crippen molar-refractivity contribution in [2.24, 2.45) is 5.73 Å². The highest BCUT2D eigenvalue weighted by molar-refractivity contribution is 5.82. The predicted molar refractivity (Wildman–Crippen MR) is 53.7 cm³/mol. The van der Waals surface area contributed by atoms with Gasteiger partial charge >= 0.3 is 6.18 Å². The molecule has 0 bridgehead atoms. The van der Waals surface area contributed by atoms with Gasteiger partial charge in [0.05, 0.1) is 6.04 Å². The SMILES string of the molecule is CCC[C@H](N)C(=O)N(CC(F)(F)F)C1CC1. The maximum Gasteiger partial charge on any atom is 0.406 e. The van der Waals surface area contributed by atoms with E-state index in [-0.39, 0.29) is 6.04 Å². The number of alkyl halides is 3. The van der Waals surface area contributed by atoms with Gasteiger partial charge in [-0.05, 0) is 19.3 Å². The van der Waals surface area contributed by atoms with Gasteiger partial charge in [0.1, 0.15) is 6.54 Å². The average molecular weight is 238 g/mol. The number of carbonyl (C=O) groups is 1. The standard InChI is InChI=1S/C10H17F3N2O/c1-2-3-8(14)9(16)15(7-4-5-7)6-10(11,12)13/h7-8H,2-6,14H2,1H3/t8-/m0/s1. The summed E-state index contributed by atoms with van der Waals surface area (Å²) in [6.07, 6.45) is -1.91. The van der Waals surface area contributed by atoms with Crippen molar-refractivity contribution < 1.29 is 18.0 Å². The van der Waals surface area contributed by atoms with Crippen LogP contribution in [0.15, 0.2) is 0 Å². The second-order valence-corrected chi connectivity index (χ2v) is 4.21. The molecular formula is C10H17F3N2O. The van der Waals surface area contributed by atoms with Gasteiger partial charge in [0, 0.05) is 6.04 Å². The Hall–Kier alpha value is -0.780. The molecule has 0 spiro atoms. The van der Waals surface area contributed by atoms with Crippen LogP contribution in [0.25, 0.3) is 0 Å². The van der Waals surface area contributed by atoms with Crippen molar-refractivity contribution in [1.82, 2.24) is 4.90 Å². The third-order valence-electron chi connectivity index (χ3n) is 2.54. The van der Waals surface area contributed by atoms with Crippen molar-refractivity contribution >= 4 is 5.91 Å². The van der Waals surface area contributed by atoms with E-state index < -0.39 is 24.7 Å². The van der Waals surface area contributed by atoms with E-state index in [1.54, 1.807) is 0 Å². The molecule has 0 aromatic rings. The second kappa shape index (κ2) is 5.03. The Bertz CT molecular complexity index is 251. The minimum atomic E-state index is -4.34.